The van der Waals surface area contributed by atoms with Gasteiger partial charge in [-0.25, -0.2) is 8.78 Å². The SMILES string of the molecule is Fc1cccc(F)c1CC(Br)c1ccccc1. The molecule has 0 aliphatic rings. The highest BCUT2D eigenvalue weighted by Crippen LogP contribution is 2.28. The van der Waals surface area contributed by atoms with E-state index in [9.17, 15) is 8.78 Å². The summed E-state index contributed by atoms with van der Waals surface area (Å²) in [5, 5.41) is 0. The Morgan fingerprint density at radius 2 is 1.47 bits per heavy atom. The lowest BCUT2D eigenvalue weighted by molar-refractivity contribution is 0.554. The van der Waals surface area contributed by atoms with Crippen molar-refractivity contribution in [1.82, 2.24) is 0 Å². The van der Waals surface area contributed by atoms with Crippen molar-refractivity contribution in [3.63, 3.8) is 0 Å². The van der Waals surface area contributed by atoms with E-state index in [2.05, 4.69) is 15.9 Å². The molecule has 0 spiro atoms. The third-order valence-electron chi connectivity index (χ3n) is 2.61. The first-order chi connectivity index (χ1) is 8.18. The molecule has 3 heteroatoms. The highest BCUT2D eigenvalue weighted by Gasteiger charge is 2.14. The van der Waals surface area contributed by atoms with E-state index in [4.69, 9.17) is 0 Å². The maximum absolute atomic E-state index is 13.5. The molecule has 17 heavy (non-hydrogen) atoms. The molecule has 0 radical (unpaired) electrons. The van der Waals surface area contributed by atoms with E-state index in [1.807, 2.05) is 30.3 Å². The van der Waals surface area contributed by atoms with Crippen molar-refractivity contribution >= 4 is 15.9 Å². The van der Waals surface area contributed by atoms with Crippen LogP contribution in [0.15, 0.2) is 48.5 Å². The molecule has 0 heterocycles. The predicted molar refractivity (Wildman–Crippen MR) is 68.2 cm³/mol. The van der Waals surface area contributed by atoms with Crippen LogP contribution in [0.2, 0.25) is 0 Å². The van der Waals surface area contributed by atoms with Gasteiger partial charge in [-0.1, -0.05) is 52.3 Å². The van der Waals surface area contributed by atoms with Crippen LogP contribution < -0.4 is 0 Å². The summed E-state index contributed by atoms with van der Waals surface area (Å²) in [7, 11) is 0. The Bertz CT molecular complexity index is 477. The molecular formula is C14H11BrF2. The van der Waals surface area contributed by atoms with E-state index in [0.29, 0.717) is 6.42 Å². The molecule has 1 atom stereocenters. The standard InChI is InChI=1S/C14H11BrF2/c15-12(10-5-2-1-3-6-10)9-11-13(16)7-4-8-14(11)17/h1-8,12H,9H2. The summed E-state index contributed by atoms with van der Waals surface area (Å²) in [5.74, 6) is -0.990. The molecule has 0 N–H and O–H groups in total. The van der Waals surface area contributed by atoms with Crippen molar-refractivity contribution in [2.24, 2.45) is 0 Å². The molecule has 0 saturated carbocycles. The molecule has 0 aromatic heterocycles. The van der Waals surface area contributed by atoms with E-state index in [-0.39, 0.29) is 10.4 Å². The number of rotatable bonds is 3. The minimum Gasteiger partial charge on any atom is -0.207 e. The number of hydrogen-bond acceptors (Lipinski definition) is 0. The van der Waals surface area contributed by atoms with Gasteiger partial charge in [-0.3, -0.25) is 0 Å². The van der Waals surface area contributed by atoms with Crippen molar-refractivity contribution < 1.29 is 8.78 Å². The van der Waals surface area contributed by atoms with Gasteiger partial charge < -0.3 is 0 Å². The van der Waals surface area contributed by atoms with E-state index in [1.165, 1.54) is 18.2 Å². The van der Waals surface area contributed by atoms with Crippen LogP contribution in [0.5, 0.6) is 0 Å². The van der Waals surface area contributed by atoms with E-state index in [1.54, 1.807) is 0 Å². The number of halogens is 3. The molecule has 0 aliphatic carbocycles. The molecule has 0 nitrogen and oxygen atoms in total. The predicted octanol–water partition coefficient (Wildman–Crippen LogP) is 4.64. The lowest BCUT2D eigenvalue weighted by atomic mass is 10.0. The Balaban J connectivity index is 2.22. The summed E-state index contributed by atoms with van der Waals surface area (Å²) < 4.78 is 26.9. The Hall–Kier alpha value is -1.22. The Labute approximate surface area is 107 Å². The number of benzene rings is 2. The van der Waals surface area contributed by atoms with Gasteiger partial charge in [0.25, 0.3) is 0 Å². The third kappa shape index (κ3) is 2.91. The fourth-order valence-corrected chi connectivity index (χ4v) is 2.32. The minimum absolute atomic E-state index is 0.0879. The fraction of sp³-hybridized carbons (Fsp3) is 0.143. The normalized spacial score (nSPS) is 12.4. The lowest BCUT2D eigenvalue weighted by Crippen LogP contribution is -2.01. The topological polar surface area (TPSA) is 0 Å². The third-order valence-corrected chi connectivity index (χ3v) is 3.46. The molecule has 0 aliphatic heterocycles. The van der Waals surface area contributed by atoms with Crippen LogP contribution in [-0.2, 0) is 6.42 Å². The van der Waals surface area contributed by atoms with Gasteiger partial charge in [0.05, 0.1) is 0 Å². The van der Waals surface area contributed by atoms with E-state index in [0.717, 1.165) is 5.56 Å². The van der Waals surface area contributed by atoms with E-state index >= 15 is 0 Å². The molecular weight excluding hydrogens is 286 g/mol. The van der Waals surface area contributed by atoms with Gasteiger partial charge >= 0.3 is 0 Å². The van der Waals surface area contributed by atoms with Crippen molar-refractivity contribution in [2.75, 3.05) is 0 Å². The fourth-order valence-electron chi connectivity index (χ4n) is 1.69. The monoisotopic (exact) mass is 296 g/mol. The molecule has 1 unspecified atom stereocenters. The highest BCUT2D eigenvalue weighted by molar-refractivity contribution is 9.09. The molecule has 88 valence electrons. The Morgan fingerprint density at radius 3 is 2.06 bits per heavy atom. The van der Waals surface area contributed by atoms with Gasteiger partial charge in [0.15, 0.2) is 0 Å². The van der Waals surface area contributed by atoms with Gasteiger partial charge in [-0.2, -0.15) is 0 Å². The number of hydrogen-bond donors (Lipinski definition) is 0. The largest absolute Gasteiger partial charge is 0.207 e. The number of alkyl halides is 1. The van der Waals surface area contributed by atoms with Gasteiger partial charge in [0.2, 0.25) is 0 Å². The van der Waals surface area contributed by atoms with Crippen LogP contribution in [0, 0.1) is 11.6 Å². The summed E-state index contributed by atoms with van der Waals surface area (Å²) in [6, 6.07) is 13.5. The summed E-state index contributed by atoms with van der Waals surface area (Å²) in [6.45, 7) is 0. The molecule has 2 aromatic rings. The van der Waals surface area contributed by atoms with Gasteiger partial charge in [0.1, 0.15) is 11.6 Å². The van der Waals surface area contributed by atoms with Crippen molar-refractivity contribution in [3.05, 3.63) is 71.3 Å². The Morgan fingerprint density at radius 1 is 0.882 bits per heavy atom. The van der Waals surface area contributed by atoms with Crippen LogP contribution in [0.4, 0.5) is 8.78 Å². The average Bonchev–Trinajstić information content (AvgIpc) is 2.35. The van der Waals surface area contributed by atoms with Gasteiger partial charge in [0, 0.05) is 10.4 Å². The quantitative estimate of drug-likeness (QED) is 0.724. The van der Waals surface area contributed by atoms with Crippen LogP contribution in [-0.4, -0.2) is 0 Å². The van der Waals surface area contributed by atoms with Crippen LogP contribution in [0.3, 0.4) is 0 Å². The smallest absolute Gasteiger partial charge is 0.129 e. The maximum Gasteiger partial charge on any atom is 0.129 e. The molecule has 2 rings (SSSR count). The second-order valence-corrected chi connectivity index (χ2v) is 4.89. The van der Waals surface area contributed by atoms with Crippen molar-refractivity contribution in [3.8, 4) is 0 Å². The maximum atomic E-state index is 13.5. The summed E-state index contributed by atoms with van der Waals surface area (Å²) in [6.07, 6.45) is 0.294. The highest BCUT2D eigenvalue weighted by atomic mass is 79.9. The van der Waals surface area contributed by atoms with Crippen molar-refractivity contribution in [1.29, 1.82) is 0 Å². The average molecular weight is 297 g/mol. The summed E-state index contributed by atoms with van der Waals surface area (Å²) in [5.41, 5.74) is 1.13. The Kier molecular flexibility index (Phi) is 3.89. The zero-order valence-electron chi connectivity index (χ0n) is 9.04. The first kappa shape index (κ1) is 12.2. The zero-order valence-corrected chi connectivity index (χ0v) is 10.6. The first-order valence-corrected chi connectivity index (χ1v) is 6.22. The summed E-state index contributed by atoms with van der Waals surface area (Å²) in [4.78, 5) is -0.0879. The van der Waals surface area contributed by atoms with Crippen molar-refractivity contribution in [2.45, 2.75) is 11.2 Å². The molecule has 0 fully saturated rings. The van der Waals surface area contributed by atoms with Crippen LogP contribution in [0.1, 0.15) is 16.0 Å². The van der Waals surface area contributed by atoms with Gasteiger partial charge in [-0.15, -0.1) is 0 Å². The zero-order chi connectivity index (χ0) is 12.3. The van der Waals surface area contributed by atoms with Crippen LogP contribution in [0.25, 0.3) is 0 Å². The van der Waals surface area contributed by atoms with E-state index < -0.39 is 11.6 Å². The lowest BCUT2D eigenvalue weighted by Gasteiger charge is -2.11. The molecule has 2 aromatic carbocycles. The first-order valence-electron chi connectivity index (χ1n) is 5.30. The molecule has 0 saturated heterocycles. The minimum atomic E-state index is -0.495. The second kappa shape index (κ2) is 5.41. The molecule has 0 bridgehead atoms. The van der Waals surface area contributed by atoms with Gasteiger partial charge in [-0.05, 0) is 24.1 Å². The van der Waals surface area contributed by atoms with Crippen LogP contribution >= 0.6 is 15.9 Å². The second-order valence-electron chi connectivity index (χ2n) is 3.78. The molecule has 0 amide bonds. The summed E-state index contributed by atoms with van der Waals surface area (Å²) >= 11 is 3.46.